The van der Waals surface area contributed by atoms with E-state index in [-0.39, 0.29) is 5.91 Å². The Bertz CT molecular complexity index is 915. The Morgan fingerprint density at radius 1 is 1.11 bits per heavy atom. The predicted octanol–water partition coefficient (Wildman–Crippen LogP) is 2.68. The van der Waals surface area contributed by atoms with Gasteiger partial charge in [-0.2, -0.15) is 0 Å². The summed E-state index contributed by atoms with van der Waals surface area (Å²) >= 11 is 0. The molecule has 1 amide bonds. The van der Waals surface area contributed by atoms with Crippen LogP contribution in [0.3, 0.4) is 0 Å². The highest BCUT2D eigenvalue weighted by atomic mass is 16.5. The lowest BCUT2D eigenvalue weighted by Crippen LogP contribution is -2.28. The average Bonchev–Trinajstić information content (AvgIpc) is 3.03. The maximum Gasteiger partial charge on any atom is 0.223 e. The average molecular weight is 367 g/mol. The molecule has 0 unspecified atom stereocenters. The van der Waals surface area contributed by atoms with Gasteiger partial charge in [-0.1, -0.05) is 0 Å². The number of nitrogens with zero attached hydrogens (tertiary/aromatic N) is 3. The Hall–Kier alpha value is -3.09. The molecule has 7 heteroatoms. The molecule has 0 aliphatic heterocycles. The zero-order valence-electron chi connectivity index (χ0n) is 16.0. The van der Waals surface area contributed by atoms with E-state index in [0.717, 1.165) is 34.6 Å². The van der Waals surface area contributed by atoms with Gasteiger partial charge in [0, 0.05) is 54.5 Å². The van der Waals surface area contributed by atoms with Crippen LogP contribution < -0.4 is 15.4 Å². The van der Waals surface area contributed by atoms with Gasteiger partial charge in [0.2, 0.25) is 11.9 Å². The number of hydrogen-bond donors (Lipinski definition) is 2. The summed E-state index contributed by atoms with van der Waals surface area (Å²) in [6.07, 6.45) is 2.40. The second-order valence-electron chi connectivity index (χ2n) is 6.43. The molecule has 1 aromatic carbocycles. The third-order valence-electron chi connectivity index (χ3n) is 4.27. The quantitative estimate of drug-likeness (QED) is 0.640. The number of carbonyl (C=O) groups is 1. The number of carbonyl (C=O) groups excluding carboxylic acids is 1. The number of aromatic nitrogens is 3. The molecule has 2 heterocycles. The zero-order chi connectivity index (χ0) is 19.2. The molecule has 0 saturated carbocycles. The SMILES string of the molecule is COc1ccc2c(ccn2CCNC(=O)CCNc2nc(C)cc(C)n2)c1. The number of methoxy groups -OCH3 is 1. The van der Waals surface area contributed by atoms with Crippen LogP contribution in [0.2, 0.25) is 0 Å². The number of hydrogen-bond acceptors (Lipinski definition) is 5. The number of anilines is 1. The first-order valence-electron chi connectivity index (χ1n) is 9.01. The zero-order valence-corrected chi connectivity index (χ0v) is 16.0. The van der Waals surface area contributed by atoms with Crippen LogP contribution >= 0.6 is 0 Å². The first-order valence-corrected chi connectivity index (χ1v) is 9.01. The standard InChI is InChI=1S/C20H25N5O2/c1-14-12-15(2)24-20(23-14)22-8-6-19(26)21-9-11-25-10-7-16-13-17(27-3)4-5-18(16)25/h4-5,7,10,12-13H,6,8-9,11H2,1-3H3,(H,21,26)(H,22,23,24). The molecule has 0 saturated heterocycles. The van der Waals surface area contributed by atoms with Gasteiger partial charge < -0.3 is 19.9 Å². The van der Waals surface area contributed by atoms with Crippen molar-refractivity contribution in [2.45, 2.75) is 26.8 Å². The highest BCUT2D eigenvalue weighted by Crippen LogP contribution is 2.21. The van der Waals surface area contributed by atoms with Crippen molar-refractivity contribution in [1.82, 2.24) is 19.9 Å². The van der Waals surface area contributed by atoms with Crippen molar-refractivity contribution in [2.75, 3.05) is 25.5 Å². The third kappa shape index (κ3) is 4.97. The lowest BCUT2D eigenvalue weighted by atomic mass is 10.2. The smallest absolute Gasteiger partial charge is 0.223 e. The third-order valence-corrected chi connectivity index (χ3v) is 4.27. The molecular formula is C20H25N5O2. The summed E-state index contributed by atoms with van der Waals surface area (Å²) in [5.41, 5.74) is 2.94. The van der Waals surface area contributed by atoms with Crippen molar-refractivity contribution < 1.29 is 9.53 Å². The lowest BCUT2D eigenvalue weighted by molar-refractivity contribution is -0.120. The Morgan fingerprint density at radius 3 is 2.63 bits per heavy atom. The minimum Gasteiger partial charge on any atom is -0.497 e. The molecule has 142 valence electrons. The normalized spacial score (nSPS) is 10.8. The molecular weight excluding hydrogens is 342 g/mol. The molecule has 7 nitrogen and oxygen atoms in total. The summed E-state index contributed by atoms with van der Waals surface area (Å²) in [6, 6.07) is 9.94. The van der Waals surface area contributed by atoms with Crippen LogP contribution in [-0.4, -0.2) is 40.6 Å². The Labute approximate surface area is 158 Å². The number of nitrogens with one attached hydrogen (secondary N) is 2. The summed E-state index contributed by atoms with van der Waals surface area (Å²) in [4.78, 5) is 20.6. The van der Waals surface area contributed by atoms with Crippen LogP contribution in [0.15, 0.2) is 36.5 Å². The number of amides is 1. The molecule has 0 aliphatic rings. The van der Waals surface area contributed by atoms with Crippen molar-refractivity contribution in [1.29, 1.82) is 0 Å². The number of benzene rings is 1. The number of ether oxygens (including phenoxy) is 1. The van der Waals surface area contributed by atoms with Crippen LogP contribution in [0.1, 0.15) is 17.8 Å². The second-order valence-corrected chi connectivity index (χ2v) is 6.43. The van der Waals surface area contributed by atoms with Gasteiger partial charge in [0.25, 0.3) is 0 Å². The molecule has 0 fully saturated rings. The summed E-state index contributed by atoms with van der Waals surface area (Å²) in [7, 11) is 1.66. The van der Waals surface area contributed by atoms with Gasteiger partial charge in [-0.15, -0.1) is 0 Å². The van der Waals surface area contributed by atoms with Gasteiger partial charge in [0.05, 0.1) is 7.11 Å². The summed E-state index contributed by atoms with van der Waals surface area (Å²) in [5.74, 6) is 1.41. The van der Waals surface area contributed by atoms with E-state index in [1.165, 1.54) is 0 Å². The van der Waals surface area contributed by atoms with Gasteiger partial charge in [0.15, 0.2) is 0 Å². The maximum absolute atomic E-state index is 12.0. The van der Waals surface area contributed by atoms with E-state index in [9.17, 15) is 4.79 Å². The van der Waals surface area contributed by atoms with Gasteiger partial charge >= 0.3 is 0 Å². The van der Waals surface area contributed by atoms with Crippen LogP contribution in [0.4, 0.5) is 5.95 Å². The molecule has 0 radical (unpaired) electrons. The molecule has 2 N–H and O–H groups in total. The van der Waals surface area contributed by atoms with Crippen molar-refractivity contribution >= 4 is 22.8 Å². The van der Waals surface area contributed by atoms with Crippen molar-refractivity contribution in [3.63, 3.8) is 0 Å². The van der Waals surface area contributed by atoms with Gasteiger partial charge in [-0.3, -0.25) is 4.79 Å². The van der Waals surface area contributed by atoms with E-state index < -0.39 is 0 Å². The van der Waals surface area contributed by atoms with Crippen molar-refractivity contribution in [3.8, 4) is 5.75 Å². The maximum atomic E-state index is 12.0. The predicted molar refractivity (Wildman–Crippen MR) is 106 cm³/mol. The Kier molecular flexibility index (Phi) is 5.90. The topological polar surface area (TPSA) is 81.1 Å². The molecule has 0 aliphatic carbocycles. The number of rotatable bonds is 8. The molecule has 3 aromatic rings. The molecule has 0 bridgehead atoms. The molecule has 3 rings (SSSR count). The van der Waals surface area contributed by atoms with Crippen molar-refractivity contribution in [2.24, 2.45) is 0 Å². The number of fused-ring (bicyclic) bond motifs is 1. The molecule has 27 heavy (non-hydrogen) atoms. The highest BCUT2D eigenvalue weighted by Gasteiger charge is 2.05. The fraction of sp³-hybridized carbons (Fsp3) is 0.350. The minimum atomic E-state index is 0.00464. The second kappa shape index (κ2) is 8.53. The van der Waals surface area contributed by atoms with Crippen LogP contribution in [0.5, 0.6) is 5.75 Å². The highest BCUT2D eigenvalue weighted by molar-refractivity contribution is 5.81. The van der Waals surface area contributed by atoms with E-state index in [1.54, 1.807) is 7.11 Å². The first-order chi connectivity index (χ1) is 13.0. The lowest BCUT2D eigenvalue weighted by Gasteiger charge is -2.09. The largest absolute Gasteiger partial charge is 0.497 e. The fourth-order valence-corrected chi connectivity index (χ4v) is 3.00. The van der Waals surface area contributed by atoms with E-state index in [1.807, 2.05) is 50.4 Å². The van der Waals surface area contributed by atoms with Crippen molar-refractivity contribution in [3.05, 3.63) is 47.9 Å². The molecule has 0 atom stereocenters. The summed E-state index contributed by atoms with van der Waals surface area (Å²) < 4.78 is 7.37. The van der Waals surface area contributed by atoms with Gasteiger partial charge in [-0.25, -0.2) is 9.97 Å². The Morgan fingerprint density at radius 2 is 1.89 bits per heavy atom. The van der Waals surface area contributed by atoms with E-state index in [4.69, 9.17) is 4.74 Å². The Balaban J connectivity index is 1.43. The van der Waals surface area contributed by atoms with Gasteiger partial charge in [0.1, 0.15) is 5.75 Å². The van der Waals surface area contributed by atoms with Crippen LogP contribution in [0, 0.1) is 13.8 Å². The minimum absolute atomic E-state index is 0.00464. The van der Waals surface area contributed by atoms with Crippen LogP contribution in [-0.2, 0) is 11.3 Å². The van der Waals surface area contributed by atoms with E-state index in [0.29, 0.717) is 25.5 Å². The van der Waals surface area contributed by atoms with Crippen LogP contribution in [0.25, 0.3) is 10.9 Å². The van der Waals surface area contributed by atoms with Gasteiger partial charge in [-0.05, 0) is 44.2 Å². The molecule has 0 spiro atoms. The summed E-state index contributed by atoms with van der Waals surface area (Å²) in [5, 5.41) is 7.17. The van der Waals surface area contributed by atoms with E-state index in [2.05, 4.69) is 25.2 Å². The first kappa shape index (κ1) is 18.7. The summed E-state index contributed by atoms with van der Waals surface area (Å²) in [6.45, 7) is 5.64. The van der Waals surface area contributed by atoms with E-state index >= 15 is 0 Å². The fourth-order valence-electron chi connectivity index (χ4n) is 3.00. The molecule has 2 aromatic heterocycles. The number of aryl methyl sites for hydroxylation is 2. The monoisotopic (exact) mass is 367 g/mol.